The summed E-state index contributed by atoms with van der Waals surface area (Å²) >= 11 is 7.74. The fraction of sp³-hybridized carbons (Fsp3) is 0.429. The van der Waals surface area contributed by atoms with E-state index >= 15 is 0 Å². The number of nitrogens with zero attached hydrogens (tertiary/aromatic N) is 5. The molecule has 0 aliphatic carbocycles. The average molecular weight is 461 g/mol. The Morgan fingerprint density at radius 2 is 2.03 bits per heavy atom. The topological polar surface area (TPSA) is 85.2 Å². The standard InChI is InChI=1S/C21H25ClN6O2S/c1-14(2)31-21-25-18(27-9-11-30-12-10-27)16-13-24-28(19(16)26-21)8-7-23-20(29)15-5-3-4-6-17(15)22/h3-6,13-14H,7-12H2,1-2H3,(H,23,29). The number of rotatable bonds is 7. The summed E-state index contributed by atoms with van der Waals surface area (Å²) in [5.74, 6) is 0.685. The van der Waals surface area contributed by atoms with Crippen molar-refractivity contribution >= 4 is 46.1 Å². The van der Waals surface area contributed by atoms with E-state index in [4.69, 9.17) is 26.3 Å². The monoisotopic (exact) mass is 460 g/mol. The Kier molecular flexibility index (Phi) is 6.94. The lowest BCUT2D eigenvalue weighted by Crippen LogP contribution is -2.37. The van der Waals surface area contributed by atoms with Crippen LogP contribution in [0, 0.1) is 0 Å². The van der Waals surface area contributed by atoms with E-state index in [2.05, 4.69) is 29.2 Å². The van der Waals surface area contributed by atoms with Gasteiger partial charge in [-0.2, -0.15) is 5.10 Å². The van der Waals surface area contributed by atoms with Gasteiger partial charge in [-0.1, -0.05) is 49.3 Å². The van der Waals surface area contributed by atoms with Gasteiger partial charge in [-0.25, -0.2) is 14.6 Å². The Morgan fingerprint density at radius 1 is 1.26 bits per heavy atom. The molecule has 0 unspecified atom stereocenters. The Hall–Kier alpha value is -2.36. The van der Waals surface area contributed by atoms with Crippen LogP contribution in [0.15, 0.2) is 35.6 Å². The number of aromatic nitrogens is 4. The van der Waals surface area contributed by atoms with Gasteiger partial charge in [0.1, 0.15) is 5.82 Å². The summed E-state index contributed by atoms with van der Waals surface area (Å²) in [6, 6.07) is 7.00. The third-order valence-electron chi connectivity index (χ3n) is 4.83. The quantitative estimate of drug-likeness (QED) is 0.428. The van der Waals surface area contributed by atoms with E-state index in [9.17, 15) is 4.79 Å². The number of benzene rings is 1. The van der Waals surface area contributed by atoms with E-state index in [0.717, 1.165) is 35.1 Å². The van der Waals surface area contributed by atoms with Crippen LogP contribution in [0.1, 0.15) is 24.2 Å². The first-order valence-corrected chi connectivity index (χ1v) is 11.5. The van der Waals surface area contributed by atoms with Crippen LogP contribution in [-0.2, 0) is 11.3 Å². The Morgan fingerprint density at radius 3 is 2.77 bits per heavy atom. The number of anilines is 1. The molecular weight excluding hydrogens is 436 g/mol. The smallest absolute Gasteiger partial charge is 0.252 e. The highest BCUT2D eigenvalue weighted by Gasteiger charge is 2.20. The molecule has 1 amide bonds. The van der Waals surface area contributed by atoms with Crippen LogP contribution in [0.4, 0.5) is 5.82 Å². The second kappa shape index (κ2) is 9.84. The van der Waals surface area contributed by atoms with Crippen molar-refractivity contribution in [1.29, 1.82) is 0 Å². The van der Waals surface area contributed by atoms with Gasteiger partial charge in [0.2, 0.25) is 0 Å². The molecule has 8 nitrogen and oxygen atoms in total. The molecule has 164 valence electrons. The van der Waals surface area contributed by atoms with Gasteiger partial charge in [0.05, 0.1) is 41.9 Å². The number of halogens is 1. The van der Waals surface area contributed by atoms with Gasteiger partial charge in [-0.15, -0.1) is 0 Å². The van der Waals surface area contributed by atoms with E-state index < -0.39 is 0 Å². The summed E-state index contributed by atoms with van der Waals surface area (Å²) in [5.41, 5.74) is 1.23. The summed E-state index contributed by atoms with van der Waals surface area (Å²) < 4.78 is 7.31. The van der Waals surface area contributed by atoms with Gasteiger partial charge in [0.25, 0.3) is 5.91 Å². The molecule has 0 saturated carbocycles. The largest absolute Gasteiger partial charge is 0.378 e. The number of carbonyl (C=O) groups excluding carboxylic acids is 1. The Balaban J connectivity index is 1.55. The molecular formula is C21H25ClN6O2S. The first-order valence-electron chi connectivity index (χ1n) is 10.3. The summed E-state index contributed by atoms with van der Waals surface area (Å²) in [6.45, 7) is 8.08. The van der Waals surface area contributed by atoms with Crippen LogP contribution in [0.25, 0.3) is 11.0 Å². The number of amides is 1. The minimum absolute atomic E-state index is 0.207. The first kappa shape index (κ1) is 21.9. The molecule has 3 aromatic rings. The van der Waals surface area contributed by atoms with Gasteiger partial charge in [-0.05, 0) is 12.1 Å². The lowest BCUT2D eigenvalue weighted by Gasteiger charge is -2.28. The molecule has 1 aromatic carbocycles. The number of morpholine rings is 1. The number of fused-ring (bicyclic) bond motifs is 1. The summed E-state index contributed by atoms with van der Waals surface area (Å²) in [4.78, 5) is 24.2. The molecule has 0 atom stereocenters. The van der Waals surface area contributed by atoms with E-state index in [1.807, 2.05) is 4.68 Å². The maximum atomic E-state index is 12.4. The normalized spacial score (nSPS) is 14.4. The second-order valence-electron chi connectivity index (χ2n) is 7.44. The van der Waals surface area contributed by atoms with Crippen molar-refractivity contribution in [1.82, 2.24) is 25.1 Å². The zero-order valence-electron chi connectivity index (χ0n) is 17.5. The fourth-order valence-corrected chi connectivity index (χ4v) is 4.30. The molecule has 10 heteroatoms. The van der Waals surface area contributed by atoms with Crippen molar-refractivity contribution in [3.05, 3.63) is 41.0 Å². The van der Waals surface area contributed by atoms with Crippen LogP contribution in [0.3, 0.4) is 0 Å². The Bertz CT molecular complexity index is 1070. The number of ether oxygens (including phenoxy) is 1. The van der Waals surface area contributed by atoms with E-state index in [0.29, 0.717) is 42.1 Å². The molecule has 1 N–H and O–H groups in total. The third-order valence-corrected chi connectivity index (χ3v) is 6.03. The molecule has 0 bridgehead atoms. The van der Waals surface area contributed by atoms with Gasteiger partial charge in [-0.3, -0.25) is 4.79 Å². The highest BCUT2D eigenvalue weighted by atomic mass is 35.5. The number of carbonyl (C=O) groups is 1. The highest BCUT2D eigenvalue weighted by molar-refractivity contribution is 7.99. The molecule has 3 heterocycles. The minimum Gasteiger partial charge on any atom is -0.378 e. The average Bonchev–Trinajstić information content (AvgIpc) is 3.16. The summed E-state index contributed by atoms with van der Waals surface area (Å²) in [7, 11) is 0. The minimum atomic E-state index is -0.207. The van der Waals surface area contributed by atoms with Crippen molar-refractivity contribution in [3.8, 4) is 0 Å². The van der Waals surface area contributed by atoms with Gasteiger partial charge in [0, 0.05) is 24.9 Å². The molecule has 4 rings (SSSR count). The van der Waals surface area contributed by atoms with Crippen molar-refractivity contribution in [2.45, 2.75) is 30.8 Å². The third kappa shape index (κ3) is 5.11. The van der Waals surface area contributed by atoms with Gasteiger partial charge in [0.15, 0.2) is 10.8 Å². The van der Waals surface area contributed by atoms with E-state index in [1.54, 1.807) is 42.2 Å². The molecule has 1 aliphatic rings. The van der Waals surface area contributed by atoms with Gasteiger partial charge >= 0.3 is 0 Å². The fourth-order valence-electron chi connectivity index (χ4n) is 3.38. The molecule has 1 saturated heterocycles. The molecule has 2 aromatic heterocycles. The summed E-state index contributed by atoms with van der Waals surface area (Å²) in [6.07, 6.45) is 1.81. The zero-order valence-corrected chi connectivity index (χ0v) is 19.1. The predicted octanol–water partition coefficient (Wildman–Crippen LogP) is 3.25. The van der Waals surface area contributed by atoms with Crippen molar-refractivity contribution in [3.63, 3.8) is 0 Å². The molecule has 1 aliphatic heterocycles. The molecule has 0 radical (unpaired) electrons. The number of hydrogen-bond acceptors (Lipinski definition) is 7. The number of thioether (sulfide) groups is 1. The highest BCUT2D eigenvalue weighted by Crippen LogP contribution is 2.29. The predicted molar refractivity (Wildman–Crippen MR) is 123 cm³/mol. The van der Waals surface area contributed by atoms with E-state index in [-0.39, 0.29) is 5.91 Å². The molecule has 31 heavy (non-hydrogen) atoms. The van der Waals surface area contributed by atoms with Crippen LogP contribution < -0.4 is 10.2 Å². The van der Waals surface area contributed by atoms with Gasteiger partial charge < -0.3 is 15.0 Å². The SMILES string of the molecule is CC(C)Sc1nc(N2CCOCC2)c2cnn(CCNC(=O)c3ccccc3Cl)c2n1. The van der Waals surface area contributed by atoms with E-state index in [1.165, 1.54) is 0 Å². The summed E-state index contributed by atoms with van der Waals surface area (Å²) in [5, 5.41) is 9.87. The zero-order chi connectivity index (χ0) is 21.8. The van der Waals surface area contributed by atoms with Crippen molar-refractivity contribution in [2.75, 3.05) is 37.7 Å². The first-order chi connectivity index (χ1) is 15.0. The van der Waals surface area contributed by atoms with Crippen LogP contribution >= 0.6 is 23.4 Å². The Labute approximate surface area is 190 Å². The second-order valence-corrected chi connectivity index (χ2v) is 9.39. The molecule has 1 fully saturated rings. The van der Waals surface area contributed by atoms with Crippen LogP contribution in [0.5, 0.6) is 0 Å². The maximum Gasteiger partial charge on any atom is 0.252 e. The van der Waals surface area contributed by atoms with Crippen LogP contribution in [-0.4, -0.2) is 63.8 Å². The number of nitrogens with one attached hydrogen (secondary N) is 1. The molecule has 0 spiro atoms. The maximum absolute atomic E-state index is 12.4. The number of hydrogen-bond donors (Lipinski definition) is 1. The van der Waals surface area contributed by atoms with Crippen LogP contribution in [0.2, 0.25) is 5.02 Å². The van der Waals surface area contributed by atoms with Crippen molar-refractivity contribution in [2.24, 2.45) is 0 Å². The lowest BCUT2D eigenvalue weighted by molar-refractivity contribution is 0.0952. The van der Waals surface area contributed by atoms with Crippen molar-refractivity contribution < 1.29 is 9.53 Å². The lowest BCUT2D eigenvalue weighted by atomic mass is 10.2.